The van der Waals surface area contributed by atoms with Crippen molar-refractivity contribution in [3.05, 3.63) is 66.1 Å². The highest BCUT2D eigenvalue weighted by Gasteiger charge is 2.20. The molecule has 5 aromatic rings. The van der Waals surface area contributed by atoms with Crippen molar-refractivity contribution >= 4 is 56.5 Å². The van der Waals surface area contributed by atoms with E-state index in [-0.39, 0.29) is 23.9 Å². The number of aromatic nitrogens is 3. The van der Waals surface area contributed by atoms with Gasteiger partial charge >= 0.3 is 6.03 Å². The van der Waals surface area contributed by atoms with Crippen molar-refractivity contribution in [2.75, 3.05) is 30.3 Å². The van der Waals surface area contributed by atoms with Crippen molar-refractivity contribution in [3.8, 4) is 11.3 Å². The van der Waals surface area contributed by atoms with Gasteiger partial charge in [0.05, 0.1) is 15.9 Å². The molecule has 0 bridgehead atoms. The van der Waals surface area contributed by atoms with Gasteiger partial charge in [0, 0.05) is 35.5 Å². The molecule has 2 amide bonds. The number of likely N-dealkylation sites (tertiary alicyclic amines) is 1. The molecule has 6 rings (SSSR count). The Balaban J connectivity index is 0.00000323. The summed E-state index contributed by atoms with van der Waals surface area (Å²) in [6.45, 7) is 9.67. The molecule has 2 N–H and O–H groups in total. The first-order chi connectivity index (χ1) is 18.8. The number of amides is 2. The molecule has 3 aromatic heterocycles. The number of benzene rings is 2. The fraction of sp³-hybridized carbons (Fsp3) is 0.367. The number of hydrogen-bond donors (Lipinski definition) is 2. The van der Waals surface area contributed by atoms with Crippen molar-refractivity contribution < 1.29 is 9.32 Å². The molecular weight excluding hydrogens is 544 g/mol. The summed E-state index contributed by atoms with van der Waals surface area (Å²) in [6, 6.07) is 15.9. The molecule has 0 aliphatic carbocycles. The predicted molar refractivity (Wildman–Crippen MR) is 165 cm³/mol. The number of carbonyl (C=O) groups is 1. The highest BCUT2D eigenvalue weighted by atomic mass is 35.5. The molecule has 40 heavy (non-hydrogen) atoms. The molecule has 0 saturated carbocycles. The van der Waals surface area contributed by atoms with Crippen LogP contribution in [0.25, 0.3) is 26.4 Å². The summed E-state index contributed by atoms with van der Waals surface area (Å²) in [6.07, 6.45) is 7.20. The summed E-state index contributed by atoms with van der Waals surface area (Å²) in [4.78, 5) is 20.9. The van der Waals surface area contributed by atoms with E-state index in [4.69, 9.17) is 9.51 Å². The smallest absolute Gasteiger partial charge is 0.324 e. The maximum atomic E-state index is 12.4. The van der Waals surface area contributed by atoms with Gasteiger partial charge in [0.1, 0.15) is 5.76 Å². The van der Waals surface area contributed by atoms with Crippen LogP contribution in [0.1, 0.15) is 51.4 Å². The molecule has 8 nitrogen and oxygen atoms in total. The average molecular weight is 579 g/mol. The Hall–Kier alpha value is -3.40. The maximum absolute atomic E-state index is 12.4. The van der Waals surface area contributed by atoms with E-state index in [1.807, 2.05) is 45.0 Å². The zero-order chi connectivity index (χ0) is 27.0. The maximum Gasteiger partial charge on any atom is 0.324 e. The van der Waals surface area contributed by atoms with Crippen LogP contribution in [0, 0.1) is 0 Å². The largest absolute Gasteiger partial charge is 0.359 e. The number of thiazole rings is 1. The van der Waals surface area contributed by atoms with Crippen molar-refractivity contribution in [1.82, 2.24) is 19.4 Å². The summed E-state index contributed by atoms with van der Waals surface area (Å²) < 4.78 is 8.78. The van der Waals surface area contributed by atoms with Crippen molar-refractivity contribution in [3.63, 3.8) is 0 Å². The van der Waals surface area contributed by atoms with Crippen molar-refractivity contribution in [2.45, 2.75) is 51.9 Å². The van der Waals surface area contributed by atoms with E-state index in [1.54, 1.807) is 17.4 Å². The molecule has 10 heteroatoms. The fourth-order valence-electron chi connectivity index (χ4n) is 5.00. The zero-order valence-electron chi connectivity index (χ0n) is 23.1. The third-order valence-electron chi connectivity index (χ3n) is 7.25. The van der Waals surface area contributed by atoms with Crippen LogP contribution >= 0.6 is 23.7 Å². The fourth-order valence-corrected chi connectivity index (χ4v) is 5.99. The third kappa shape index (κ3) is 6.16. The first-order valence-electron chi connectivity index (χ1n) is 13.6. The Bertz CT molecular complexity index is 1610. The molecule has 1 fully saturated rings. The minimum atomic E-state index is -0.374. The van der Waals surface area contributed by atoms with Gasteiger partial charge in [-0.3, -0.25) is 9.72 Å². The van der Waals surface area contributed by atoms with E-state index < -0.39 is 0 Å². The van der Waals surface area contributed by atoms with E-state index >= 15 is 0 Å². The van der Waals surface area contributed by atoms with Gasteiger partial charge in [-0.15, -0.1) is 12.4 Å². The van der Waals surface area contributed by atoms with E-state index in [0.717, 1.165) is 29.2 Å². The van der Waals surface area contributed by atoms with Gasteiger partial charge in [-0.25, -0.2) is 9.78 Å². The molecule has 0 spiro atoms. The van der Waals surface area contributed by atoms with Crippen LogP contribution in [0.5, 0.6) is 0 Å². The van der Waals surface area contributed by atoms with Crippen LogP contribution in [-0.2, 0) is 11.8 Å². The van der Waals surface area contributed by atoms with Gasteiger partial charge in [0.15, 0.2) is 10.8 Å². The molecule has 0 atom stereocenters. The minimum Gasteiger partial charge on any atom is -0.359 e. The van der Waals surface area contributed by atoms with Crippen LogP contribution in [0.3, 0.4) is 0 Å². The third-order valence-corrected chi connectivity index (χ3v) is 8.29. The second kappa shape index (κ2) is 11.6. The predicted octanol–water partition coefficient (Wildman–Crippen LogP) is 7.60. The standard InChI is InChI=1S/C30H34N6O2S.ClH/c1-30(2,3)26-18-27(34-38-26)33-28(37)31-22-10-8-21(9-11-22)23-19-36-24-17-20(7-12-25(24)39-29(36)32-23)13-16-35-14-5-4-6-15-35;/h7-12,17-19H,4-6,13-16H2,1-3H3,(H2,31,33,34,37);1H. The van der Waals surface area contributed by atoms with E-state index in [1.165, 1.54) is 48.1 Å². The lowest BCUT2D eigenvalue weighted by molar-refractivity contribution is 0.231. The first-order valence-corrected chi connectivity index (χ1v) is 14.4. The van der Waals surface area contributed by atoms with Crippen LogP contribution in [0.4, 0.5) is 16.3 Å². The number of carbonyl (C=O) groups excluding carboxylic acids is 1. The Morgan fingerprint density at radius 3 is 2.52 bits per heavy atom. The zero-order valence-corrected chi connectivity index (χ0v) is 24.7. The lowest BCUT2D eigenvalue weighted by Crippen LogP contribution is -2.31. The number of urea groups is 1. The molecule has 4 heterocycles. The lowest BCUT2D eigenvalue weighted by Gasteiger charge is -2.26. The number of fused-ring (bicyclic) bond motifs is 3. The van der Waals surface area contributed by atoms with Crippen molar-refractivity contribution in [1.29, 1.82) is 0 Å². The van der Waals surface area contributed by atoms with E-state index in [9.17, 15) is 4.79 Å². The Morgan fingerprint density at radius 2 is 1.80 bits per heavy atom. The molecule has 1 saturated heterocycles. The second-order valence-corrected chi connectivity index (χ2v) is 12.3. The summed E-state index contributed by atoms with van der Waals surface area (Å²) >= 11 is 1.71. The Morgan fingerprint density at radius 1 is 1.02 bits per heavy atom. The second-order valence-electron chi connectivity index (χ2n) is 11.3. The summed E-state index contributed by atoms with van der Waals surface area (Å²) in [5.74, 6) is 1.09. The topological polar surface area (TPSA) is 87.7 Å². The number of rotatable bonds is 6. The number of piperidine rings is 1. The molecular formula is C30H35ClN6O2S. The van der Waals surface area contributed by atoms with Crippen LogP contribution < -0.4 is 10.6 Å². The first kappa shape index (κ1) is 28.1. The number of imidazole rings is 1. The number of nitrogens with zero attached hydrogens (tertiary/aromatic N) is 4. The van der Waals surface area contributed by atoms with Gasteiger partial charge in [-0.05, 0) is 62.2 Å². The van der Waals surface area contributed by atoms with Gasteiger partial charge in [0.2, 0.25) is 0 Å². The summed E-state index contributed by atoms with van der Waals surface area (Å²) in [7, 11) is 0. The lowest BCUT2D eigenvalue weighted by atomic mass is 9.93. The Labute approximate surface area is 244 Å². The van der Waals surface area contributed by atoms with Crippen LogP contribution in [-0.4, -0.2) is 45.1 Å². The molecule has 0 unspecified atom stereocenters. The molecule has 210 valence electrons. The van der Waals surface area contributed by atoms with E-state index in [0.29, 0.717) is 17.3 Å². The van der Waals surface area contributed by atoms with Gasteiger partial charge in [-0.2, -0.15) is 0 Å². The normalized spacial score (nSPS) is 14.4. The van der Waals surface area contributed by atoms with Gasteiger partial charge in [0.25, 0.3) is 0 Å². The van der Waals surface area contributed by atoms with Gasteiger partial charge in [-0.1, -0.05) is 61.9 Å². The summed E-state index contributed by atoms with van der Waals surface area (Å²) in [5, 5.41) is 9.50. The highest BCUT2D eigenvalue weighted by Crippen LogP contribution is 2.31. The minimum absolute atomic E-state index is 0. The number of anilines is 2. The van der Waals surface area contributed by atoms with Crippen LogP contribution in [0.15, 0.2) is 59.3 Å². The molecule has 1 aliphatic heterocycles. The molecule has 1 aliphatic rings. The van der Waals surface area contributed by atoms with E-state index in [2.05, 4.69) is 49.5 Å². The highest BCUT2D eigenvalue weighted by molar-refractivity contribution is 7.23. The van der Waals surface area contributed by atoms with Crippen molar-refractivity contribution in [2.24, 2.45) is 0 Å². The number of halogens is 1. The van der Waals surface area contributed by atoms with Crippen LogP contribution in [0.2, 0.25) is 0 Å². The number of hydrogen-bond acceptors (Lipinski definition) is 6. The monoisotopic (exact) mass is 578 g/mol. The van der Waals surface area contributed by atoms with Gasteiger partial charge < -0.3 is 14.7 Å². The summed E-state index contributed by atoms with van der Waals surface area (Å²) in [5.41, 5.74) is 5.00. The Kier molecular flexibility index (Phi) is 8.16. The molecule has 0 radical (unpaired) electrons. The quantitative estimate of drug-likeness (QED) is 0.217. The average Bonchev–Trinajstić information content (AvgIpc) is 3.63. The number of nitrogens with one attached hydrogen (secondary N) is 2. The SMILES string of the molecule is CC(C)(C)c1cc(NC(=O)Nc2ccc(-c3cn4c(n3)sc3ccc(CCN5CCCCC5)cc34)cc2)no1.Cl. The molecule has 2 aromatic carbocycles.